The number of nitro groups is 1. The van der Waals surface area contributed by atoms with Crippen molar-refractivity contribution in [1.29, 1.82) is 0 Å². The van der Waals surface area contributed by atoms with Gasteiger partial charge in [0.25, 0.3) is 5.69 Å². The van der Waals surface area contributed by atoms with Gasteiger partial charge in [-0.2, -0.15) is 11.8 Å². The first-order chi connectivity index (χ1) is 9.08. The van der Waals surface area contributed by atoms with Crippen molar-refractivity contribution in [3.63, 3.8) is 0 Å². The summed E-state index contributed by atoms with van der Waals surface area (Å²) in [6.07, 6.45) is 0. The average molecular weight is 282 g/mol. The van der Waals surface area contributed by atoms with Crippen molar-refractivity contribution in [3.05, 3.63) is 39.9 Å². The highest BCUT2D eigenvalue weighted by Crippen LogP contribution is 2.21. The fourth-order valence-corrected chi connectivity index (χ4v) is 3.16. The third kappa shape index (κ3) is 3.45. The zero-order valence-corrected chi connectivity index (χ0v) is 11.0. The van der Waals surface area contributed by atoms with Gasteiger partial charge >= 0.3 is 5.97 Å². The molecule has 1 aliphatic heterocycles. The van der Waals surface area contributed by atoms with Gasteiger partial charge in [0, 0.05) is 36.7 Å². The fraction of sp³-hybridized carbons (Fsp3) is 0.417. The van der Waals surface area contributed by atoms with E-state index in [-0.39, 0.29) is 5.69 Å². The summed E-state index contributed by atoms with van der Waals surface area (Å²) in [7, 11) is 0. The van der Waals surface area contributed by atoms with Crippen molar-refractivity contribution in [3.8, 4) is 0 Å². The van der Waals surface area contributed by atoms with Crippen LogP contribution in [0.25, 0.3) is 0 Å². The summed E-state index contributed by atoms with van der Waals surface area (Å²) >= 11 is 1.62. The van der Waals surface area contributed by atoms with Crippen LogP contribution in [0.3, 0.4) is 0 Å². The highest BCUT2D eigenvalue weighted by molar-refractivity contribution is 7.99. The van der Waals surface area contributed by atoms with Crippen LogP contribution < -0.4 is 0 Å². The second-order valence-corrected chi connectivity index (χ2v) is 5.48. The molecule has 1 saturated heterocycles. The number of aliphatic carboxylic acids is 1. The van der Waals surface area contributed by atoms with Crippen LogP contribution in [0.2, 0.25) is 0 Å². The Labute approximate surface area is 114 Å². The van der Waals surface area contributed by atoms with Crippen molar-refractivity contribution in [2.75, 3.05) is 18.1 Å². The molecule has 0 aliphatic carbocycles. The number of nitro benzene ring substituents is 1. The number of carboxylic acids is 1. The Balaban J connectivity index is 2.12. The van der Waals surface area contributed by atoms with Gasteiger partial charge in [0.2, 0.25) is 0 Å². The molecular weight excluding hydrogens is 268 g/mol. The fourth-order valence-electron chi connectivity index (χ4n) is 2.06. The molecule has 1 atom stereocenters. The van der Waals surface area contributed by atoms with Gasteiger partial charge in [-0.3, -0.25) is 19.8 Å². The molecular formula is C12H14N2O4S. The predicted molar refractivity (Wildman–Crippen MR) is 72.3 cm³/mol. The first-order valence-corrected chi connectivity index (χ1v) is 7.01. The Morgan fingerprint density at radius 1 is 1.58 bits per heavy atom. The molecule has 0 bridgehead atoms. The molecule has 0 saturated carbocycles. The van der Waals surface area contributed by atoms with Crippen molar-refractivity contribution in [1.82, 2.24) is 4.90 Å². The van der Waals surface area contributed by atoms with Crippen molar-refractivity contribution < 1.29 is 14.8 Å². The number of nitrogens with zero attached hydrogens (tertiary/aromatic N) is 2. The van der Waals surface area contributed by atoms with Crippen LogP contribution in [0.5, 0.6) is 0 Å². The van der Waals surface area contributed by atoms with Crippen LogP contribution in [0.4, 0.5) is 5.69 Å². The number of benzene rings is 1. The van der Waals surface area contributed by atoms with Gasteiger partial charge in [-0.25, -0.2) is 0 Å². The van der Waals surface area contributed by atoms with E-state index < -0.39 is 16.9 Å². The summed E-state index contributed by atoms with van der Waals surface area (Å²) in [5, 5.41) is 19.9. The lowest BCUT2D eigenvalue weighted by molar-refractivity contribution is -0.384. The van der Waals surface area contributed by atoms with E-state index in [4.69, 9.17) is 5.11 Å². The quantitative estimate of drug-likeness (QED) is 0.667. The molecule has 1 unspecified atom stereocenters. The monoisotopic (exact) mass is 282 g/mol. The van der Waals surface area contributed by atoms with E-state index >= 15 is 0 Å². The minimum atomic E-state index is -0.836. The van der Waals surface area contributed by atoms with E-state index in [1.807, 2.05) is 4.90 Å². The summed E-state index contributed by atoms with van der Waals surface area (Å²) in [4.78, 5) is 23.3. The standard InChI is InChI=1S/C12H14N2O4S/c15-12(16)11-8-19-5-4-13(11)7-9-2-1-3-10(6-9)14(17)18/h1-3,6,11H,4-5,7-8H2,(H,15,16). The summed E-state index contributed by atoms with van der Waals surface area (Å²) < 4.78 is 0. The number of hydrogen-bond acceptors (Lipinski definition) is 5. The zero-order chi connectivity index (χ0) is 13.8. The van der Waals surface area contributed by atoms with Crippen molar-refractivity contribution in [2.45, 2.75) is 12.6 Å². The van der Waals surface area contributed by atoms with E-state index in [1.165, 1.54) is 12.1 Å². The van der Waals surface area contributed by atoms with Crippen LogP contribution in [0, 0.1) is 10.1 Å². The van der Waals surface area contributed by atoms with Crippen LogP contribution in [0.15, 0.2) is 24.3 Å². The number of non-ortho nitro benzene ring substituents is 1. The van der Waals surface area contributed by atoms with Gasteiger partial charge in [0.15, 0.2) is 0 Å². The molecule has 1 N–H and O–H groups in total. The Bertz CT molecular complexity index is 494. The average Bonchev–Trinajstić information content (AvgIpc) is 2.39. The minimum Gasteiger partial charge on any atom is -0.480 e. The largest absolute Gasteiger partial charge is 0.480 e. The molecule has 2 rings (SSSR count). The number of hydrogen-bond donors (Lipinski definition) is 1. The van der Waals surface area contributed by atoms with E-state index in [1.54, 1.807) is 23.9 Å². The molecule has 6 nitrogen and oxygen atoms in total. The smallest absolute Gasteiger partial charge is 0.321 e. The first kappa shape index (κ1) is 13.8. The number of carbonyl (C=O) groups is 1. The zero-order valence-electron chi connectivity index (χ0n) is 10.2. The second-order valence-electron chi connectivity index (χ2n) is 4.33. The molecule has 1 aromatic carbocycles. The van der Waals surface area contributed by atoms with Gasteiger partial charge in [0.1, 0.15) is 6.04 Å². The summed E-state index contributed by atoms with van der Waals surface area (Å²) in [5.74, 6) is 0.612. The maximum atomic E-state index is 11.2. The Morgan fingerprint density at radius 2 is 2.37 bits per heavy atom. The number of thioether (sulfide) groups is 1. The third-order valence-electron chi connectivity index (χ3n) is 3.03. The van der Waals surface area contributed by atoms with Gasteiger partial charge in [-0.05, 0) is 5.56 Å². The number of rotatable bonds is 4. The summed E-state index contributed by atoms with van der Waals surface area (Å²) in [5.41, 5.74) is 0.808. The van der Waals surface area contributed by atoms with E-state index in [2.05, 4.69) is 0 Å². The van der Waals surface area contributed by atoms with Crippen LogP contribution in [-0.2, 0) is 11.3 Å². The van der Waals surface area contributed by atoms with Crippen molar-refractivity contribution >= 4 is 23.4 Å². The third-order valence-corrected chi connectivity index (χ3v) is 4.05. The molecule has 1 aromatic rings. The highest BCUT2D eigenvalue weighted by Gasteiger charge is 2.28. The molecule has 102 valence electrons. The lowest BCUT2D eigenvalue weighted by Crippen LogP contribution is -2.46. The van der Waals surface area contributed by atoms with Crippen LogP contribution in [-0.4, -0.2) is 45.0 Å². The van der Waals surface area contributed by atoms with Gasteiger partial charge in [0.05, 0.1) is 4.92 Å². The highest BCUT2D eigenvalue weighted by atomic mass is 32.2. The topological polar surface area (TPSA) is 83.7 Å². The van der Waals surface area contributed by atoms with Crippen molar-refractivity contribution in [2.24, 2.45) is 0 Å². The summed E-state index contributed by atoms with van der Waals surface area (Å²) in [6, 6.07) is 5.83. The molecule has 0 amide bonds. The maximum absolute atomic E-state index is 11.2. The maximum Gasteiger partial charge on any atom is 0.321 e. The lowest BCUT2D eigenvalue weighted by Gasteiger charge is -2.32. The van der Waals surface area contributed by atoms with Crippen LogP contribution in [0.1, 0.15) is 5.56 Å². The Morgan fingerprint density at radius 3 is 3.05 bits per heavy atom. The SMILES string of the molecule is O=C(O)C1CSCCN1Cc1cccc([N+](=O)[O-])c1. The molecule has 1 aliphatic rings. The molecule has 0 aromatic heterocycles. The molecule has 19 heavy (non-hydrogen) atoms. The molecule has 1 heterocycles. The molecule has 0 spiro atoms. The first-order valence-electron chi connectivity index (χ1n) is 5.86. The second kappa shape index (κ2) is 6.03. The minimum absolute atomic E-state index is 0.0377. The predicted octanol–water partition coefficient (Wildman–Crippen LogP) is 1.60. The molecule has 0 radical (unpaired) electrons. The summed E-state index contributed by atoms with van der Waals surface area (Å²) in [6.45, 7) is 1.11. The van der Waals surface area contributed by atoms with Crippen LogP contribution >= 0.6 is 11.8 Å². The van der Waals surface area contributed by atoms with E-state index in [0.29, 0.717) is 18.8 Å². The van der Waals surface area contributed by atoms with Gasteiger partial charge in [-0.1, -0.05) is 12.1 Å². The van der Waals surface area contributed by atoms with Gasteiger partial charge < -0.3 is 5.11 Å². The van der Waals surface area contributed by atoms with E-state index in [9.17, 15) is 14.9 Å². The molecule has 1 fully saturated rings. The normalized spacial score (nSPS) is 20.1. The van der Waals surface area contributed by atoms with E-state index in [0.717, 1.165) is 11.3 Å². The molecule has 7 heteroatoms. The lowest BCUT2D eigenvalue weighted by atomic mass is 10.1. The Kier molecular flexibility index (Phi) is 4.39. The van der Waals surface area contributed by atoms with Gasteiger partial charge in [-0.15, -0.1) is 0 Å². The Hall–Kier alpha value is -1.60. The number of carboxylic acid groups (broad SMARTS) is 1.